The first-order valence-electron chi connectivity index (χ1n) is 8.05. The van der Waals surface area contributed by atoms with E-state index in [4.69, 9.17) is 0 Å². The van der Waals surface area contributed by atoms with E-state index < -0.39 is 0 Å². The first-order chi connectivity index (χ1) is 11.5. The molecule has 1 fully saturated rings. The molecule has 0 radical (unpaired) electrons. The van der Waals surface area contributed by atoms with Gasteiger partial charge in [0.1, 0.15) is 4.88 Å². The van der Waals surface area contributed by atoms with Gasteiger partial charge in [0.2, 0.25) is 5.91 Å². The van der Waals surface area contributed by atoms with Gasteiger partial charge in [-0.15, -0.1) is 5.10 Å². The maximum Gasteiger partial charge on any atom is 0.269 e. The lowest BCUT2D eigenvalue weighted by molar-refractivity contribution is -0.120. The third-order valence-electron chi connectivity index (χ3n) is 3.79. The highest BCUT2D eigenvalue weighted by Gasteiger charge is 2.23. The first kappa shape index (κ1) is 16.6. The van der Waals surface area contributed by atoms with E-state index in [1.807, 2.05) is 26.0 Å². The fraction of sp³-hybridized carbons (Fsp3) is 0.412. The van der Waals surface area contributed by atoms with Gasteiger partial charge in [-0.05, 0) is 48.0 Å². The summed E-state index contributed by atoms with van der Waals surface area (Å²) in [4.78, 5) is 24.7. The van der Waals surface area contributed by atoms with Gasteiger partial charge in [0.25, 0.3) is 5.91 Å². The number of hydrogen-bond acceptors (Lipinski definition) is 5. The molecule has 7 heteroatoms. The van der Waals surface area contributed by atoms with Gasteiger partial charge in [-0.2, -0.15) is 0 Å². The molecule has 0 atom stereocenters. The number of carbonyl (C=O) groups is 2. The van der Waals surface area contributed by atoms with Crippen molar-refractivity contribution in [1.29, 1.82) is 0 Å². The zero-order valence-electron chi connectivity index (χ0n) is 13.7. The highest BCUT2D eigenvalue weighted by Crippen LogP contribution is 2.21. The molecule has 0 spiro atoms. The Kier molecular flexibility index (Phi) is 4.89. The molecule has 0 bridgehead atoms. The Morgan fingerprint density at radius 2 is 1.96 bits per heavy atom. The van der Waals surface area contributed by atoms with Gasteiger partial charge in [-0.3, -0.25) is 9.59 Å². The number of benzene rings is 1. The molecule has 1 aromatic heterocycles. The van der Waals surface area contributed by atoms with Crippen molar-refractivity contribution in [2.24, 2.45) is 0 Å². The van der Waals surface area contributed by atoms with Gasteiger partial charge in [-0.25, -0.2) is 0 Å². The van der Waals surface area contributed by atoms with Gasteiger partial charge in [0.15, 0.2) is 0 Å². The van der Waals surface area contributed by atoms with Gasteiger partial charge < -0.3 is 10.6 Å². The van der Waals surface area contributed by atoms with Crippen molar-refractivity contribution in [3.05, 3.63) is 40.4 Å². The molecule has 6 nitrogen and oxygen atoms in total. The SMILES string of the molecule is CC(C)c1nnsc1C(=O)Nc1ccc(CC(=O)NC2CC2)cc1. The van der Waals surface area contributed by atoms with Crippen molar-refractivity contribution in [2.75, 3.05) is 5.32 Å². The van der Waals surface area contributed by atoms with Crippen LogP contribution >= 0.6 is 11.5 Å². The summed E-state index contributed by atoms with van der Waals surface area (Å²) in [5.41, 5.74) is 2.33. The van der Waals surface area contributed by atoms with Gasteiger partial charge in [0.05, 0.1) is 12.1 Å². The van der Waals surface area contributed by atoms with Crippen molar-refractivity contribution in [1.82, 2.24) is 14.9 Å². The van der Waals surface area contributed by atoms with E-state index >= 15 is 0 Å². The summed E-state index contributed by atoms with van der Waals surface area (Å²) in [6.07, 6.45) is 2.53. The minimum atomic E-state index is -0.201. The van der Waals surface area contributed by atoms with E-state index in [2.05, 4.69) is 20.2 Å². The van der Waals surface area contributed by atoms with E-state index in [9.17, 15) is 9.59 Å². The Balaban J connectivity index is 1.60. The van der Waals surface area contributed by atoms with Crippen molar-refractivity contribution < 1.29 is 9.59 Å². The Morgan fingerprint density at radius 3 is 2.58 bits per heavy atom. The topological polar surface area (TPSA) is 84.0 Å². The summed E-state index contributed by atoms with van der Waals surface area (Å²) in [6, 6.07) is 7.70. The largest absolute Gasteiger partial charge is 0.353 e. The maximum atomic E-state index is 12.3. The second kappa shape index (κ2) is 7.09. The second-order valence-corrected chi connectivity index (χ2v) is 7.07. The average molecular weight is 344 g/mol. The van der Waals surface area contributed by atoms with Crippen LogP contribution in [0.4, 0.5) is 5.69 Å². The number of amides is 2. The van der Waals surface area contributed by atoms with E-state index in [1.54, 1.807) is 12.1 Å². The molecular formula is C17H20N4O2S. The third kappa shape index (κ3) is 4.17. The van der Waals surface area contributed by atoms with Gasteiger partial charge in [0, 0.05) is 11.7 Å². The van der Waals surface area contributed by atoms with Crippen LogP contribution in [0, 0.1) is 0 Å². The Bertz CT molecular complexity index is 735. The summed E-state index contributed by atoms with van der Waals surface area (Å²) in [6.45, 7) is 3.96. The lowest BCUT2D eigenvalue weighted by Gasteiger charge is -2.07. The molecular weight excluding hydrogens is 324 g/mol. The van der Waals surface area contributed by atoms with Crippen LogP contribution < -0.4 is 10.6 Å². The molecule has 0 saturated heterocycles. The lowest BCUT2D eigenvalue weighted by Crippen LogP contribution is -2.26. The van der Waals surface area contributed by atoms with Crippen LogP contribution in [-0.2, 0) is 11.2 Å². The molecule has 1 aliphatic carbocycles. The number of rotatable bonds is 6. The minimum Gasteiger partial charge on any atom is -0.353 e. The van der Waals surface area contributed by atoms with Crippen LogP contribution in [0.1, 0.15) is 53.5 Å². The fourth-order valence-corrected chi connectivity index (χ4v) is 3.03. The van der Waals surface area contributed by atoms with Gasteiger partial charge >= 0.3 is 0 Å². The summed E-state index contributed by atoms with van der Waals surface area (Å²) >= 11 is 1.10. The normalized spacial score (nSPS) is 13.8. The van der Waals surface area contributed by atoms with Gasteiger partial charge in [-0.1, -0.05) is 30.5 Å². The molecule has 0 aliphatic heterocycles. The van der Waals surface area contributed by atoms with E-state index in [-0.39, 0.29) is 17.7 Å². The molecule has 3 rings (SSSR count). The molecule has 1 saturated carbocycles. The fourth-order valence-electron chi connectivity index (χ4n) is 2.32. The molecule has 1 heterocycles. The van der Waals surface area contributed by atoms with Crippen molar-refractivity contribution >= 4 is 29.0 Å². The smallest absolute Gasteiger partial charge is 0.269 e. The van der Waals surface area contributed by atoms with E-state index in [1.165, 1.54) is 0 Å². The summed E-state index contributed by atoms with van der Waals surface area (Å²) in [7, 11) is 0. The molecule has 1 aromatic carbocycles. The molecule has 2 aromatic rings. The van der Waals surface area contributed by atoms with Crippen molar-refractivity contribution in [2.45, 2.75) is 45.1 Å². The molecule has 2 amide bonds. The predicted octanol–water partition coefficient (Wildman–Crippen LogP) is 2.73. The highest BCUT2D eigenvalue weighted by molar-refractivity contribution is 7.08. The van der Waals surface area contributed by atoms with Crippen LogP contribution in [0.15, 0.2) is 24.3 Å². The third-order valence-corrected chi connectivity index (χ3v) is 4.53. The lowest BCUT2D eigenvalue weighted by atomic mass is 10.1. The molecule has 126 valence electrons. The summed E-state index contributed by atoms with van der Waals surface area (Å²) in [5.74, 6) is -0.00335. The zero-order chi connectivity index (χ0) is 17.1. The maximum absolute atomic E-state index is 12.3. The Morgan fingerprint density at radius 1 is 1.25 bits per heavy atom. The monoisotopic (exact) mass is 344 g/mol. The average Bonchev–Trinajstić information content (AvgIpc) is 3.20. The number of aromatic nitrogens is 2. The Hall–Kier alpha value is -2.28. The molecule has 24 heavy (non-hydrogen) atoms. The predicted molar refractivity (Wildman–Crippen MR) is 93.3 cm³/mol. The van der Waals surface area contributed by atoms with Crippen LogP contribution in [-0.4, -0.2) is 27.4 Å². The highest BCUT2D eigenvalue weighted by atomic mass is 32.1. The quantitative estimate of drug-likeness (QED) is 0.844. The van der Waals surface area contributed by atoms with Crippen LogP contribution in [0.2, 0.25) is 0 Å². The van der Waals surface area contributed by atoms with Crippen LogP contribution in [0.3, 0.4) is 0 Å². The first-order valence-corrected chi connectivity index (χ1v) is 8.82. The standard InChI is InChI=1S/C17H20N4O2S/c1-10(2)15-16(24-21-20-15)17(23)19-13-5-3-11(4-6-13)9-14(22)18-12-7-8-12/h3-6,10,12H,7-9H2,1-2H3,(H,18,22)(H,19,23). The molecule has 2 N–H and O–H groups in total. The molecule has 0 unspecified atom stereocenters. The van der Waals surface area contributed by atoms with Crippen molar-refractivity contribution in [3.8, 4) is 0 Å². The number of nitrogens with zero attached hydrogens (tertiary/aromatic N) is 2. The summed E-state index contributed by atoms with van der Waals surface area (Å²) < 4.78 is 3.87. The van der Waals surface area contributed by atoms with Crippen LogP contribution in [0.25, 0.3) is 0 Å². The zero-order valence-corrected chi connectivity index (χ0v) is 14.5. The molecule has 1 aliphatic rings. The number of nitrogens with one attached hydrogen (secondary N) is 2. The number of carbonyl (C=O) groups excluding carboxylic acids is 2. The van der Waals surface area contributed by atoms with Crippen LogP contribution in [0.5, 0.6) is 0 Å². The summed E-state index contributed by atoms with van der Waals surface area (Å²) in [5, 5.41) is 9.83. The second-order valence-electron chi connectivity index (χ2n) is 6.31. The number of hydrogen-bond donors (Lipinski definition) is 2. The van der Waals surface area contributed by atoms with E-state index in [0.717, 1.165) is 29.9 Å². The van der Waals surface area contributed by atoms with E-state index in [0.29, 0.717) is 28.7 Å². The number of anilines is 1. The van der Waals surface area contributed by atoms with Crippen molar-refractivity contribution in [3.63, 3.8) is 0 Å². The Labute approximate surface area is 144 Å². The minimum absolute atomic E-state index is 0.0478.